The average molecular weight is 363 g/mol. The van der Waals surface area contributed by atoms with Crippen LogP contribution in [0.5, 0.6) is 0 Å². The number of benzene rings is 1. The predicted molar refractivity (Wildman–Crippen MR) is 88.5 cm³/mol. The third-order valence-electron chi connectivity index (χ3n) is 3.36. The molecule has 0 spiro atoms. The van der Waals surface area contributed by atoms with Gasteiger partial charge in [0.1, 0.15) is 0 Å². The predicted octanol–water partition coefficient (Wildman–Crippen LogP) is 2.35. The molecule has 1 saturated heterocycles. The van der Waals surface area contributed by atoms with Crippen molar-refractivity contribution in [2.75, 3.05) is 38.5 Å². The maximum absolute atomic E-state index is 11.9. The molecule has 6 heteroatoms. The lowest BCUT2D eigenvalue weighted by atomic mass is 10.1. The van der Waals surface area contributed by atoms with E-state index in [-0.39, 0.29) is 18.3 Å². The number of anilines is 1. The van der Waals surface area contributed by atoms with Gasteiger partial charge in [-0.15, -0.1) is 12.4 Å². The fourth-order valence-corrected chi connectivity index (χ4v) is 2.71. The molecule has 20 heavy (non-hydrogen) atoms. The maximum atomic E-state index is 11.9. The lowest BCUT2D eigenvalue weighted by Gasteiger charge is -2.15. The Labute approximate surface area is 134 Å². The van der Waals surface area contributed by atoms with Crippen LogP contribution in [0.1, 0.15) is 6.42 Å². The summed E-state index contributed by atoms with van der Waals surface area (Å²) in [4.78, 5) is 14.2. The third kappa shape index (κ3) is 5.40. The van der Waals surface area contributed by atoms with Crippen LogP contribution in [0, 0.1) is 5.92 Å². The highest BCUT2D eigenvalue weighted by Gasteiger charge is 2.23. The van der Waals surface area contributed by atoms with Gasteiger partial charge in [0, 0.05) is 16.7 Å². The minimum absolute atomic E-state index is 0. The lowest BCUT2D eigenvalue weighted by molar-refractivity contribution is -0.117. The fourth-order valence-electron chi connectivity index (χ4n) is 2.45. The SMILES string of the molecule is CNCC1CCN(CC(=O)Nc2ccc(Br)cc2)C1.Cl. The molecule has 0 bridgehead atoms. The van der Waals surface area contributed by atoms with Crippen LogP contribution in [0.2, 0.25) is 0 Å². The lowest BCUT2D eigenvalue weighted by Crippen LogP contribution is -2.32. The number of hydrogen-bond acceptors (Lipinski definition) is 3. The van der Waals surface area contributed by atoms with Crippen LogP contribution < -0.4 is 10.6 Å². The van der Waals surface area contributed by atoms with Crippen molar-refractivity contribution in [2.24, 2.45) is 5.92 Å². The van der Waals surface area contributed by atoms with Gasteiger partial charge in [0.2, 0.25) is 5.91 Å². The number of likely N-dealkylation sites (tertiary alicyclic amines) is 1. The second-order valence-electron chi connectivity index (χ2n) is 5.00. The molecule has 0 aliphatic carbocycles. The minimum atomic E-state index is 0. The van der Waals surface area contributed by atoms with Crippen molar-refractivity contribution >= 4 is 39.9 Å². The quantitative estimate of drug-likeness (QED) is 0.845. The highest BCUT2D eigenvalue weighted by atomic mass is 79.9. The van der Waals surface area contributed by atoms with Crippen molar-refractivity contribution in [3.05, 3.63) is 28.7 Å². The van der Waals surface area contributed by atoms with Gasteiger partial charge < -0.3 is 10.6 Å². The summed E-state index contributed by atoms with van der Waals surface area (Å²) in [5, 5.41) is 6.12. The molecule has 1 aromatic carbocycles. The Morgan fingerprint density at radius 1 is 1.40 bits per heavy atom. The van der Waals surface area contributed by atoms with E-state index in [0.717, 1.165) is 29.8 Å². The van der Waals surface area contributed by atoms with Crippen molar-refractivity contribution in [1.82, 2.24) is 10.2 Å². The minimum Gasteiger partial charge on any atom is -0.325 e. The van der Waals surface area contributed by atoms with E-state index in [9.17, 15) is 4.79 Å². The highest BCUT2D eigenvalue weighted by Crippen LogP contribution is 2.16. The summed E-state index contributed by atoms with van der Waals surface area (Å²) in [6.07, 6.45) is 1.17. The number of nitrogens with one attached hydrogen (secondary N) is 2. The van der Waals surface area contributed by atoms with Crippen LogP contribution in [-0.4, -0.2) is 44.0 Å². The van der Waals surface area contributed by atoms with Gasteiger partial charge in [-0.25, -0.2) is 0 Å². The smallest absolute Gasteiger partial charge is 0.238 e. The number of carbonyl (C=O) groups is 1. The molecule has 0 aromatic heterocycles. The van der Waals surface area contributed by atoms with Crippen LogP contribution in [0.4, 0.5) is 5.69 Å². The summed E-state index contributed by atoms with van der Waals surface area (Å²) in [5.41, 5.74) is 0.846. The van der Waals surface area contributed by atoms with Gasteiger partial charge in [0.25, 0.3) is 0 Å². The molecule has 1 amide bonds. The van der Waals surface area contributed by atoms with Crippen molar-refractivity contribution in [2.45, 2.75) is 6.42 Å². The number of halogens is 2. The molecule has 0 saturated carbocycles. The van der Waals surface area contributed by atoms with Gasteiger partial charge >= 0.3 is 0 Å². The molecule has 1 aromatic rings. The van der Waals surface area contributed by atoms with Gasteiger partial charge in [-0.3, -0.25) is 9.69 Å². The van der Waals surface area contributed by atoms with E-state index in [1.807, 2.05) is 31.3 Å². The van der Waals surface area contributed by atoms with Gasteiger partial charge in [-0.05, 0) is 56.7 Å². The normalized spacial score (nSPS) is 18.6. The van der Waals surface area contributed by atoms with Gasteiger partial charge in [0.05, 0.1) is 6.54 Å². The van der Waals surface area contributed by atoms with E-state index in [4.69, 9.17) is 0 Å². The monoisotopic (exact) mass is 361 g/mol. The summed E-state index contributed by atoms with van der Waals surface area (Å²) in [5.74, 6) is 0.734. The topological polar surface area (TPSA) is 44.4 Å². The first kappa shape index (κ1) is 17.4. The third-order valence-corrected chi connectivity index (χ3v) is 3.89. The van der Waals surface area contributed by atoms with Crippen molar-refractivity contribution in [3.63, 3.8) is 0 Å². The summed E-state index contributed by atoms with van der Waals surface area (Å²) >= 11 is 3.38. The number of hydrogen-bond donors (Lipinski definition) is 2. The molecule has 1 aliphatic heterocycles. The number of rotatable bonds is 5. The highest BCUT2D eigenvalue weighted by molar-refractivity contribution is 9.10. The van der Waals surface area contributed by atoms with Crippen LogP contribution in [0.3, 0.4) is 0 Å². The van der Waals surface area contributed by atoms with Crippen molar-refractivity contribution in [1.29, 1.82) is 0 Å². The zero-order valence-corrected chi connectivity index (χ0v) is 14.0. The second-order valence-corrected chi connectivity index (χ2v) is 5.92. The summed E-state index contributed by atoms with van der Waals surface area (Å²) in [6, 6.07) is 7.65. The first-order valence-electron chi connectivity index (χ1n) is 6.60. The summed E-state index contributed by atoms with van der Waals surface area (Å²) in [7, 11) is 1.98. The zero-order valence-electron chi connectivity index (χ0n) is 11.6. The molecule has 1 aliphatic rings. The first-order chi connectivity index (χ1) is 9.17. The van der Waals surface area contributed by atoms with E-state index in [0.29, 0.717) is 12.5 Å². The van der Waals surface area contributed by atoms with Crippen LogP contribution in [-0.2, 0) is 4.79 Å². The van der Waals surface area contributed by atoms with Crippen LogP contribution in [0.15, 0.2) is 28.7 Å². The Kier molecular flexibility index (Phi) is 7.51. The van der Waals surface area contributed by atoms with Crippen LogP contribution >= 0.6 is 28.3 Å². The second kappa shape index (κ2) is 8.62. The molecule has 2 rings (SSSR count). The number of amides is 1. The van der Waals surface area contributed by atoms with Crippen LogP contribution in [0.25, 0.3) is 0 Å². The van der Waals surface area contributed by atoms with E-state index in [1.54, 1.807) is 0 Å². The van der Waals surface area contributed by atoms with Gasteiger partial charge in [-0.2, -0.15) is 0 Å². The summed E-state index contributed by atoms with van der Waals surface area (Å²) in [6.45, 7) is 3.54. The average Bonchev–Trinajstić information content (AvgIpc) is 2.80. The molecular weight excluding hydrogens is 342 g/mol. The van der Waals surface area contributed by atoms with E-state index >= 15 is 0 Å². The van der Waals surface area contributed by atoms with Gasteiger partial charge in [0.15, 0.2) is 0 Å². The van der Waals surface area contributed by atoms with Gasteiger partial charge in [-0.1, -0.05) is 15.9 Å². The molecule has 1 fully saturated rings. The molecular formula is C14H21BrClN3O. The van der Waals surface area contributed by atoms with Crippen molar-refractivity contribution in [3.8, 4) is 0 Å². The Hall–Kier alpha value is -0.620. The fraction of sp³-hybridized carbons (Fsp3) is 0.500. The van der Waals surface area contributed by atoms with E-state index in [2.05, 4.69) is 31.5 Å². The van der Waals surface area contributed by atoms with E-state index < -0.39 is 0 Å². The molecule has 1 unspecified atom stereocenters. The van der Waals surface area contributed by atoms with Crippen molar-refractivity contribution < 1.29 is 4.79 Å². The Morgan fingerprint density at radius 3 is 2.75 bits per heavy atom. The Morgan fingerprint density at radius 2 is 2.10 bits per heavy atom. The molecule has 4 nitrogen and oxygen atoms in total. The molecule has 2 N–H and O–H groups in total. The number of nitrogens with zero attached hydrogens (tertiary/aromatic N) is 1. The zero-order chi connectivity index (χ0) is 13.7. The number of carbonyl (C=O) groups excluding carboxylic acids is 1. The largest absolute Gasteiger partial charge is 0.325 e. The molecule has 1 atom stereocenters. The molecule has 0 radical (unpaired) electrons. The Bertz CT molecular complexity index is 427. The maximum Gasteiger partial charge on any atom is 0.238 e. The standard InChI is InChI=1S/C14H20BrN3O.ClH/c1-16-8-11-6-7-18(9-11)10-14(19)17-13-4-2-12(15)3-5-13;/h2-5,11,16H,6-10H2,1H3,(H,17,19);1H. The molecule has 112 valence electrons. The summed E-state index contributed by atoms with van der Waals surface area (Å²) < 4.78 is 1.01. The van der Waals surface area contributed by atoms with E-state index in [1.165, 1.54) is 6.42 Å². The first-order valence-corrected chi connectivity index (χ1v) is 7.39. The molecule has 1 heterocycles. The Balaban J connectivity index is 0.00000200.